The van der Waals surface area contributed by atoms with E-state index in [9.17, 15) is 64.8 Å². The zero-order valence-electron chi connectivity index (χ0n) is 16.0. The van der Waals surface area contributed by atoms with Gasteiger partial charge in [-0.2, -0.15) is 39.5 Å². The van der Waals surface area contributed by atoms with Crippen LogP contribution in [0.3, 0.4) is 0 Å². The third-order valence-electron chi connectivity index (χ3n) is 3.13. The van der Waals surface area contributed by atoms with Crippen LogP contribution in [0.25, 0.3) is 0 Å². The number of alkyl halides is 9. The number of nitrogens with zero attached hydrogens (tertiary/aromatic N) is 1. The highest BCUT2D eigenvalue weighted by molar-refractivity contribution is 8.29. The molecule has 0 spiro atoms. The van der Waals surface area contributed by atoms with E-state index >= 15 is 0 Å². The molecule has 0 saturated carbocycles. The fourth-order valence-corrected chi connectivity index (χ4v) is 7.63. The van der Waals surface area contributed by atoms with Gasteiger partial charge in [0.25, 0.3) is 0 Å². The molecule has 0 radical (unpaired) electrons. The molecule has 0 unspecified atom stereocenters. The van der Waals surface area contributed by atoms with Gasteiger partial charge < -0.3 is 0 Å². The molecule has 0 bridgehead atoms. The zero-order chi connectivity index (χ0) is 26.1. The lowest BCUT2D eigenvalue weighted by molar-refractivity contribution is -0.694. The molecule has 0 aliphatic heterocycles. The minimum Gasteiger partial charge on any atom is -0.251 e. The van der Waals surface area contributed by atoms with Gasteiger partial charge in [0.05, 0.1) is 3.91 Å². The Morgan fingerprint density at radius 2 is 0.938 bits per heavy atom. The van der Waals surface area contributed by atoms with Gasteiger partial charge in [0.2, 0.25) is 0 Å². The van der Waals surface area contributed by atoms with Crippen molar-refractivity contribution in [2.24, 2.45) is 0 Å². The van der Waals surface area contributed by atoms with E-state index in [4.69, 9.17) is 0 Å². The van der Waals surface area contributed by atoms with Gasteiger partial charge in [-0.3, -0.25) is 25.3 Å². The molecule has 1 aromatic heterocycles. The van der Waals surface area contributed by atoms with Gasteiger partial charge in [0.15, 0.2) is 41.9 Å². The average molecular weight is 547 g/mol. The SMILES string of the molecule is CC[n+]1cc(C)cc(C)c1.O=S(=O)([C-](S(=O)(=O)C(F)(F)F)S(=O)(=O)C(F)(F)F)C(F)(F)F. The number of aromatic nitrogens is 1. The summed E-state index contributed by atoms with van der Waals surface area (Å²) in [5.41, 5.74) is -18.5. The van der Waals surface area contributed by atoms with Crippen molar-refractivity contribution in [1.29, 1.82) is 0 Å². The van der Waals surface area contributed by atoms with Crippen LogP contribution in [0.1, 0.15) is 18.1 Å². The minimum atomic E-state index is -8.02. The molecule has 0 N–H and O–H groups in total. The number of halogens is 9. The van der Waals surface area contributed by atoms with E-state index in [0.29, 0.717) is 0 Å². The Morgan fingerprint density at radius 1 is 0.688 bits per heavy atom. The summed E-state index contributed by atoms with van der Waals surface area (Å²) in [6.07, 6.45) is 4.32. The van der Waals surface area contributed by atoms with Gasteiger partial charge in [0, 0.05) is 11.1 Å². The van der Waals surface area contributed by atoms with E-state index < -0.39 is 50.0 Å². The predicted octanol–water partition coefficient (Wildman–Crippen LogP) is 2.85. The number of hydrogen-bond acceptors (Lipinski definition) is 6. The summed E-state index contributed by atoms with van der Waals surface area (Å²) in [4.78, 5) is 0. The summed E-state index contributed by atoms with van der Waals surface area (Å²) in [5, 5.41) is 0. The Balaban J connectivity index is 0.000000792. The lowest BCUT2D eigenvalue weighted by Crippen LogP contribution is -2.47. The summed E-state index contributed by atoms with van der Waals surface area (Å²) >= 11 is 0. The molecule has 1 rings (SSSR count). The molecule has 1 heterocycles. The highest BCUT2D eigenvalue weighted by Crippen LogP contribution is 2.47. The fraction of sp³-hybridized carbons (Fsp3) is 0.538. The molecule has 0 aliphatic carbocycles. The van der Waals surface area contributed by atoms with E-state index in [1.165, 1.54) is 11.1 Å². The Labute approximate surface area is 176 Å². The minimum absolute atomic E-state index is 1.06. The number of hydrogen-bond donors (Lipinski definition) is 0. The lowest BCUT2D eigenvalue weighted by Gasteiger charge is -2.31. The molecule has 32 heavy (non-hydrogen) atoms. The molecule has 0 aliphatic rings. The maximum atomic E-state index is 12.0. The normalized spacial score (nSPS) is 14.2. The summed E-state index contributed by atoms with van der Waals surface area (Å²) in [6.45, 7) is 7.46. The van der Waals surface area contributed by atoms with E-state index in [2.05, 4.69) is 43.8 Å². The number of aryl methyl sites for hydroxylation is 3. The van der Waals surface area contributed by atoms with Crippen molar-refractivity contribution in [2.45, 2.75) is 43.8 Å². The summed E-state index contributed by atoms with van der Waals surface area (Å²) in [7, 11) is -24.1. The molecule has 1 aromatic rings. The largest absolute Gasteiger partial charge is 0.470 e. The Hall–Kier alpha value is -1.63. The quantitative estimate of drug-likeness (QED) is 0.326. The number of pyridine rings is 1. The Morgan fingerprint density at radius 3 is 1.12 bits per heavy atom. The van der Waals surface area contributed by atoms with Crippen molar-refractivity contribution in [3.8, 4) is 0 Å². The summed E-state index contributed by atoms with van der Waals surface area (Å²) < 4.78 is 170. The average Bonchev–Trinajstić information content (AvgIpc) is 2.50. The van der Waals surface area contributed by atoms with Crippen molar-refractivity contribution >= 4 is 29.5 Å². The molecule has 188 valence electrons. The second kappa shape index (κ2) is 9.32. The van der Waals surface area contributed by atoms with Crippen LogP contribution in [-0.4, -0.2) is 41.8 Å². The van der Waals surface area contributed by atoms with Crippen molar-refractivity contribution in [3.05, 3.63) is 33.5 Å². The Kier molecular flexibility index (Phi) is 8.84. The van der Waals surface area contributed by atoms with Gasteiger partial charge in [-0.05, 0) is 26.8 Å². The van der Waals surface area contributed by atoms with Crippen molar-refractivity contribution in [1.82, 2.24) is 0 Å². The second-order valence-electron chi connectivity index (χ2n) is 5.82. The molecular formula is C13H14F9NO6S3. The van der Waals surface area contributed by atoms with Crippen molar-refractivity contribution in [2.75, 3.05) is 0 Å². The molecule has 0 saturated heterocycles. The van der Waals surface area contributed by atoms with Crippen molar-refractivity contribution in [3.63, 3.8) is 0 Å². The predicted molar refractivity (Wildman–Crippen MR) is 90.0 cm³/mol. The van der Waals surface area contributed by atoms with Crippen LogP contribution in [0.5, 0.6) is 0 Å². The van der Waals surface area contributed by atoms with Crippen LogP contribution >= 0.6 is 0 Å². The standard InChI is InChI=1S/C9H14N.C4F9O6S3/c1-4-10-6-8(2)5-9(3)7-10;5-2(6,7)20(14,15)1(21(16,17)3(8,9)10)22(18,19)4(11,12)13/h5-7H,4H2,1-3H3;/q+1;-1. The van der Waals surface area contributed by atoms with E-state index in [-0.39, 0.29) is 0 Å². The highest BCUT2D eigenvalue weighted by Gasteiger charge is 2.63. The van der Waals surface area contributed by atoms with Gasteiger partial charge in [0.1, 0.15) is 6.54 Å². The molecule has 0 amide bonds. The molecule has 0 fully saturated rings. The van der Waals surface area contributed by atoms with Gasteiger partial charge in [-0.25, -0.2) is 4.57 Å². The third-order valence-corrected chi connectivity index (χ3v) is 10.2. The van der Waals surface area contributed by atoms with Crippen LogP contribution in [0.15, 0.2) is 18.5 Å². The third kappa shape index (κ3) is 6.46. The number of rotatable bonds is 4. The maximum absolute atomic E-state index is 12.0. The topological polar surface area (TPSA) is 106 Å². The maximum Gasteiger partial charge on any atom is 0.470 e. The summed E-state index contributed by atoms with van der Waals surface area (Å²) in [5.74, 6) is 0. The van der Waals surface area contributed by atoms with Gasteiger partial charge in [-0.15, -0.1) is 0 Å². The molecule has 0 aromatic carbocycles. The van der Waals surface area contributed by atoms with Crippen LogP contribution in [0.4, 0.5) is 39.5 Å². The first-order chi connectivity index (χ1) is 13.8. The van der Waals surface area contributed by atoms with Crippen LogP contribution in [-0.2, 0) is 36.1 Å². The first kappa shape index (κ1) is 30.4. The first-order valence-corrected chi connectivity index (χ1v) is 12.1. The first-order valence-electron chi connectivity index (χ1n) is 7.62. The van der Waals surface area contributed by atoms with Gasteiger partial charge >= 0.3 is 16.5 Å². The van der Waals surface area contributed by atoms with Crippen LogP contribution < -0.4 is 4.57 Å². The highest BCUT2D eigenvalue weighted by atomic mass is 32.3. The molecule has 19 heteroatoms. The van der Waals surface area contributed by atoms with E-state index in [1.807, 2.05) is 0 Å². The second-order valence-corrected chi connectivity index (χ2v) is 12.2. The monoisotopic (exact) mass is 547 g/mol. The van der Waals surface area contributed by atoms with Crippen molar-refractivity contribution < 1.29 is 69.3 Å². The smallest absolute Gasteiger partial charge is 0.251 e. The van der Waals surface area contributed by atoms with E-state index in [1.54, 1.807) is 0 Å². The molecule has 7 nitrogen and oxygen atoms in total. The van der Waals surface area contributed by atoms with Crippen LogP contribution in [0.2, 0.25) is 0 Å². The molecule has 0 atom stereocenters. The summed E-state index contributed by atoms with van der Waals surface area (Å²) in [6, 6.07) is 2.19. The lowest BCUT2D eigenvalue weighted by atomic mass is 10.2. The number of sulfone groups is 3. The molecular weight excluding hydrogens is 533 g/mol. The zero-order valence-corrected chi connectivity index (χ0v) is 18.4. The van der Waals surface area contributed by atoms with Crippen LogP contribution in [0, 0.1) is 17.8 Å². The fourth-order valence-electron chi connectivity index (χ4n) is 1.89. The van der Waals surface area contributed by atoms with E-state index in [0.717, 1.165) is 6.54 Å². The van der Waals surface area contributed by atoms with Gasteiger partial charge in [-0.1, -0.05) is 0 Å². The Bertz CT molecular complexity index is 1010.